The summed E-state index contributed by atoms with van der Waals surface area (Å²) in [5, 5.41) is 0. The van der Waals surface area contributed by atoms with Crippen LogP contribution in [0, 0.1) is 5.92 Å². The summed E-state index contributed by atoms with van der Waals surface area (Å²) in [5.41, 5.74) is 0. The van der Waals surface area contributed by atoms with E-state index in [-0.39, 0.29) is 31.1 Å². The maximum atomic E-state index is 12.6. The van der Waals surface area contributed by atoms with Gasteiger partial charge in [0.05, 0.1) is 0 Å². The van der Waals surface area contributed by atoms with Crippen molar-refractivity contribution in [3.05, 3.63) is 0 Å². The van der Waals surface area contributed by atoms with Crippen molar-refractivity contribution in [2.45, 2.75) is 265 Å². The summed E-state index contributed by atoms with van der Waals surface area (Å²) < 4.78 is 16.7. The summed E-state index contributed by atoms with van der Waals surface area (Å²) in [4.78, 5) is 37.6. The number of unbranched alkanes of at least 4 members (excludes halogenated alkanes) is 28. The van der Waals surface area contributed by atoms with E-state index >= 15 is 0 Å². The van der Waals surface area contributed by atoms with Crippen LogP contribution < -0.4 is 0 Å². The average Bonchev–Trinajstić information content (AvgIpc) is 3.15. The Morgan fingerprint density at radius 2 is 0.660 bits per heavy atom. The maximum absolute atomic E-state index is 12.6. The fourth-order valence-corrected chi connectivity index (χ4v) is 6.95. The van der Waals surface area contributed by atoms with Gasteiger partial charge < -0.3 is 14.2 Å². The zero-order chi connectivity index (χ0) is 38.9. The van der Waals surface area contributed by atoms with Crippen LogP contribution in [0.15, 0.2) is 0 Å². The predicted octanol–water partition coefficient (Wildman–Crippen LogP) is 14.7. The standard InChI is InChI=1S/C47H90O6/c1-5-8-10-12-14-15-16-17-18-19-23-27-30-34-38-45(48)51-41-44(53-47(50)40-36-32-25-13-11-9-6-2)42-52-46(49)39-35-31-28-24-21-20-22-26-29-33-37-43(4)7-3/h43-44H,5-42H2,1-4H3/t43?,44-/m0/s1. The van der Waals surface area contributed by atoms with E-state index in [0.29, 0.717) is 19.3 Å². The molecular formula is C47H90O6. The lowest BCUT2D eigenvalue weighted by Gasteiger charge is -2.18. The van der Waals surface area contributed by atoms with Crippen LogP contribution in [0.4, 0.5) is 0 Å². The van der Waals surface area contributed by atoms with Crippen LogP contribution in [0.2, 0.25) is 0 Å². The van der Waals surface area contributed by atoms with Gasteiger partial charge in [-0.25, -0.2) is 0 Å². The molecule has 0 heterocycles. The molecule has 53 heavy (non-hydrogen) atoms. The van der Waals surface area contributed by atoms with Gasteiger partial charge in [-0.05, 0) is 25.2 Å². The molecule has 0 aromatic rings. The van der Waals surface area contributed by atoms with Crippen molar-refractivity contribution in [1.82, 2.24) is 0 Å². The molecule has 0 N–H and O–H groups in total. The van der Waals surface area contributed by atoms with Gasteiger partial charge in [0.15, 0.2) is 6.10 Å². The quantitative estimate of drug-likeness (QED) is 0.0351. The van der Waals surface area contributed by atoms with Gasteiger partial charge in [-0.3, -0.25) is 14.4 Å². The number of ether oxygens (including phenoxy) is 3. The first kappa shape index (κ1) is 51.4. The molecule has 6 nitrogen and oxygen atoms in total. The Balaban J connectivity index is 4.23. The van der Waals surface area contributed by atoms with Gasteiger partial charge in [-0.15, -0.1) is 0 Å². The van der Waals surface area contributed by atoms with E-state index in [1.54, 1.807) is 0 Å². The van der Waals surface area contributed by atoms with Gasteiger partial charge in [0.25, 0.3) is 0 Å². The van der Waals surface area contributed by atoms with Crippen LogP contribution in [0.3, 0.4) is 0 Å². The summed E-state index contributed by atoms with van der Waals surface area (Å²) in [6.45, 7) is 8.99. The predicted molar refractivity (Wildman–Crippen MR) is 224 cm³/mol. The SMILES string of the molecule is CCCCCCCCCCCCCCCCC(=O)OC[C@@H](COC(=O)CCCCCCCCCCCCC(C)CC)OC(=O)CCCCCCCCC. The molecule has 0 aliphatic heterocycles. The first-order valence-corrected chi connectivity index (χ1v) is 23.4. The van der Waals surface area contributed by atoms with Crippen LogP contribution >= 0.6 is 0 Å². The van der Waals surface area contributed by atoms with Crippen LogP contribution in [0.1, 0.15) is 259 Å². The second kappa shape index (κ2) is 41.6. The molecule has 0 aliphatic rings. The number of carbonyl (C=O) groups is 3. The third-order valence-corrected chi connectivity index (χ3v) is 10.9. The number of hydrogen-bond acceptors (Lipinski definition) is 6. The second-order valence-corrected chi connectivity index (χ2v) is 16.3. The van der Waals surface area contributed by atoms with E-state index in [1.807, 2.05) is 0 Å². The van der Waals surface area contributed by atoms with Crippen molar-refractivity contribution in [2.24, 2.45) is 5.92 Å². The van der Waals surface area contributed by atoms with Gasteiger partial charge in [0, 0.05) is 19.3 Å². The molecule has 0 radical (unpaired) electrons. The van der Waals surface area contributed by atoms with E-state index < -0.39 is 6.10 Å². The summed E-state index contributed by atoms with van der Waals surface area (Å²) >= 11 is 0. The van der Waals surface area contributed by atoms with Gasteiger partial charge in [-0.2, -0.15) is 0 Å². The highest BCUT2D eigenvalue weighted by Gasteiger charge is 2.19. The highest BCUT2D eigenvalue weighted by Crippen LogP contribution is 2.17. The Hall–Kier alpha value is -1.59. The molecule has 1 unspecified atom stereocenters. The van der Waals surface area contributed by atoms with E-state index in [2.05, 4.69) is 27.7 Å². The van der Waals surface area contributed by atoms with Crippen LogP contribution in [0.25, 0.3) is 0 Å². The highest BCUT2D eigenvalue weighted by molar-refractivity contribution is 5.71. The normalized spacial score (nSPS) is 12.5. The minimum absolute atomic E-state index is 0.0641. The molecular weight excluding hydrogens is 661 g/mol. The molecule has 314 valence electrons. The average molecular weight is 751 g/mol. The molecule has 0 amide bonds. The third-order valence-electron chi connectivity index (χ3n) is 10.9. The Morgan fingerprint density at radius 3 is 0.981 bits per heavy atom. The molecule has 0 rings (SSSR count). The first-order chi connectivity index (χ1) is 25.9. The molecule has 0 aromatic heterocycles. The van der Waals surface area contributed by atoms with Crippen LogP contribution in [0.5, 0.6) is 0 Å². The lowest BCUT2D eigenvalue weighted by atomic mass is 9.99. The number of esters is 3. The summed E-state index contributed by atoms with van der Waals surface area (Å²) in [5.74, 6) is 0.0110. The fraction of sp³-hybridized carbons (Fsp3) is 0.936. The molecule has 0 saturated carbocycles. The first-order valence-electron chi connectivity index (χ1n) is 23.4. The highest BCUT2D eigenvalue weighted by atomic mass is 16.6. The van der Waals surface area contributed by atoms with Crippen molar-refractivity contribution in [3.8, 4) is 0 Å². The molecule has 0 spiro atoms. The molecule has 0 aromatic carbocycles. The van der Waals surface area contributed by atoms with E-state index in [4.69, 9.17) is 14.2 Å². The van der Waals surface area contributed by atoms with E-state index in [9.17, 15) is 14.4 Å². The fourth-order valence-electron chi connectivity index (χ4n) is 6.95. The zero-order valence-corrected chi connectivity index (χ0v) is 36.0. The molecule has 0 bridgehead atoms. The summed E-state index contributed by atoms with van der Waals surface area (Å²) in [6, 6.07) is 0. The Morgan fingerprint density at radius 1 is 0.377 bits per heavy atom. The van der Waals surface area contributed by atoms with Crippen molar-refractivity contribution in [1.29, 1.82) is 0 Å². The second-order valence-electron chi connectivity index (χ2n) is 16.3. The van der Waals surface area contributed by atoms with Gasteiger partial charge >= 0.3 is 17.9 Å². The minimum atomic E-state index is -0.758. The van der Waals surface area contributed by atoms with Gasteiger partial charge in [0.1, 0.15) is 13.2 Å². The smallest absolute Gasteiger partial charge is 0.306 e. The molecule has 0 aliphatic carbocycles. The number of hydrogen-bond donors (Lipinski definition) is 0. The lowest BCUT2D eigenvalue weighted by molar-refractivity contribution is -0.167. The topological polar surface area (TPSA) is 78.9 Å². The van der Waals surface area contributed by atoms with E-state index in [0.717, 1.165) is 63.7 Å². The van der Waals surface area contributed by atoms with Crippen molar-refractivity contribution in [2.75, 3.05) is 13.2 Å². The van der Waals surface area contributed by atoms with Crippen LogP contribution in [-0.2, 0) is 28.6 Å². The Bertz CT molecular complexity index is 798. The van der Waals surface area contributed by atoms with Crippen molar-refractivity contribution >= 4 is 17.9 Å². The monoisotopic (exact) mass is 751 g/mol. The Kier molecular flexibility index (Phi) is 40.3. The van der Waals surface area contributed by atoms with Gasteiger partial charge in [0.2, 0.25) is 0 Å². The van der Waals surface area contributed by atoms with Crippen molar-refractivity contribution in [3.63, 3.8) is 0 Å². The maximum Gasteiger partial charge on any atom is 0.306 e. The number of carbonyl (C=O) groups excluding carboxylic acids is 3. The van der Waals surface area contributed by atoms with Gasteiger partial charge in [-0.1, -0.05) is 220 Å². The largest absolute Gasteiger partial charge is 0.462 e. The van der Waals surface area contributed by atoms with Crippen molar-refractivity contribution < 1.29 is 28.6 Å². The summed E-state index contributed by atoms with van der Waals surface area (Å²) in [7, 11) is 0. The Labute approximate surface area is 329 Å². The van der Waals surface area contributed by atoms with Crippen LogP contribution in [-0.4, -0.2) is 37.2 Å². The minimum Gasteiger partial charge on any atom is -0.462 e. The molecule has 6 heteroatoms. The summed E-state index contributed by atoms with van der Waals surface area (Å²) in [6.07, 6.45) is 40.9. The lowest BCUT2D eigenvalue weighted by Crippen LogP contribution is -2.30. The molecule has 0 saturated heterocycles. The number of rotatable bonds is 42. The van der Waals surface area contributed by atoms with E-state index in [1.165, 1.54) is 154 Å². The molecule has 0 fully saturated rings. The molecule has 2 atom stereocenters. The zero-order valence-electron chi connectivity index (χ0n) is 36.0. The third kappa shape index (κ3) is 39.9.